The molecule has 0 aliphatic carbocycles. The van der Waals surface area contributed by atoms with Crippen molar-refractivity contribution in [2.24, 2.45) is 0 Å². The highest BCUT2D eigenvalue weighted by molar-refractivity contribution is 6.21. The number of epoxide rings is 2. The summed E-state index contributed by atoms with van der Waals surface area (Å²) < 4.78 is 9.92. The summed E-state index contributed by atoms with van der Waals surface area (Å²) in [6, 6.07) is 0. The van der Waals surface area contributed by atoms with Crippen molar-refractivity contribution in [2.45, 2.75) is 17.6 Å². The third-order valence-corrected chi connectivity index (χ3v) is 1.99. The van der Waals surface area contributed by atoms with Crippen LogP contribution in [0.3, 0.4) is 0 Å². The number of rotatable bonds is 2. The molecule has 0 radical (unpaired) electrons. The molecular formula is C5H7ClO2. The first kappa shape index (κ1) is 5.03. The van der Waals surface area contributed by atoms with Gasteiger partial charge in [-0.1, -0.05) is 0 Å². The fraction of sp³-hybridized carbons (Fsp3) is 1.00. The molecule has 2 heterocycles. The van der Waals surface area contributed by atoms with Crippen molar-refractivity contribution in [1.82, 2.24) is 0 Å². The number of alkyl halides is 1. The van der Waals surface area contributed by atoms with Crippen LogP contribution in [0.4, 0.5) is 0 Å². The monoisotopic (exact) mass is 134 g/mol. The van der Waals surface area contributed by atoms with Gasteiger partial charge in [-0.2, -0.15) is 0 Å². The van der Waals surface area contributed by atoms with E-state index in [-0.39, 0.29) is 5.38 Å². The van der Waals surface area contributed by atoms with Gasteiger partial charge in [0.15, 0.2) is 0 Å². The lowest BCUT2D eigenvalue weighted by Gasteiger charge is -1.96. The van der Waals surface area contributed by atoms with E-state index in [0.717, 1.165) is 13.2 Å². The van der Waals surface area contributed by atoms with E-state index in [1.807, 2.05) is 0 Å². The maximum atomic E-state index is 5.83. The quantitative estimate of drug-likeness (QED) is 0.403. The highest BCUT2D eigenvalue weighted by Crippen LogP contribution is 2.29. The Morgan fingerprint density at radius 2 is 1.62 bits per heavy atom. The zero-order valence-electron chi connectivity index (χ0n) is 4.34. The maximum absolute atomic E-state index is 5.83. The van der Waals surface area contributed by atoms with E-state index in [9.17, 15) is 0 Å². The lowest BCUT2D eigenvalue weighted by atomic mass is 10.2. The van der Waals surface area contributed by atoms with Crippen LogP contribution in [-0.2, 0) is 9.47 Å². The minimum Gasteiger partial charge on any atom is -0.371 e. The Bertz CT molecular complexity index is 86.6. The largest absolute Gasteiger partial charge is 0.371 e. The molecule has 2 aliphatic rings. The summed E-state index contributed by atoms with van der Waals surface area (Å²) in [6.45, 7) is 1.65. The molecular weight excluding hydrogens is 128 g/mol. The fourth-order valence-corrected chi connectivity index (χ4v) is 1.01. The lowest BCUT2D eigenvalue weighted by molar-refractivity contribution is 0.348. The minimum atomic E-state index is 0.120. The maximum Gasteiger partial charge on any atom is 0.0999 e. The van der Waals surface area contributed by atoms with Crippen molar-refractivity contribution in [3.63, 3.8) is 0 Å². The average molecular weight is 135 g/mol. The molecule has 8 heavy (non-hydrogen) atoms. The van der Waals surface area contributed by atoms with Crippen molar-refractivity contribution in [2.75, 3.05) is 13.2 Å². The van der Waals surface area contributed by atoms with Crippen LogP contribution < -0.4 is 0 Å². The molecule has 0 aromatic carbocycles. The predicted octanol–water partition coefficient (Wildman–Crippen LogP) is 0.391. The van der Waals surface area contributed by atoms with Crippen molar-refractivity contribution in [1.29, 1.82) is 0 Å². The Morgan fingerprint density at radius 3 is 1.88 bits per heavy atom. The number of hydrogen-bond acceptors (Lipinski definition) is 2. The molecule has 0 saturated carbocycles. The van der Waals surface area contributed by atoms with Gasteiger partial charge in [-0.15, -0.1) is 11.6 Å². The van der Waals surface area contributed by atoms with Gasteiger partial charge in [0.25, 0.3) is 0 Å². The fourth-order valence-electron chi connectivity index (χ4n) is 0.718. The third kappa shape index (κ3) is 0.835. The van der Waals surface area contributed by atoms with Gasteiger partial charge in [0.05, 0.1) is 30.8 Å². The van der Waals surface area contributed by atoms with Crippen molar-refractivity contribution in [3.8, 4) is 0 Å². The Balaban J connectivity index is 1.84. The molecule has 0 aromatic heterocycles. The standard InChI is InChI=1S/C5H7ClO2/c6-5(3-1-7-3)4-2-8-4/h3-5H,1-2H2. The summed E-state index contributed by atoms with van der Waals surface area (Å²) in [5.74, 6) is 0. The average Bonchev–Trinajstić information content (AvgIpc) is 2.63. The van der Waals surface area contributed by atoms with Gasteiger partial charge in [-0.25, -0.2) is 0 Å². The van der Waals surface area contributed by atoms with Gasteiger partial charge in [0.2, 0.25) is 0 Å². The van der Waals surface area contributed by atoms with Gasteiger partial charge >= 0.3 is 0 Å². The summed E-state index contributed by atoms with van der Waals surface area (Å²) in [5, 5.41) is 0.120. The highest BCUT2D eigenvalue weighted by atomic mass is 35.5. The van der Waals surface area contributed by atoms with Crippen LogP contribution in [-0.4, -0.2) is 30.8 Å². The summed E-state index contributed by atoms with van der Waals surface area (Å²) in [4.78, 5) is 0. The Morgan fingerprint density at radius 1 is 1.25 bits per heavy atom. The first-order valence-corrected chi connectivity index (χ1v) is 3.19. The molecule has 2 unspecified atom stereocenters. The summed E-state index contributed by atoms with van der Waals surface area (Å²) >= 11 is 5.83. The Hall–Kier alpha value is 0.210. The van der Waals surface area contributed by atoms with Crippen LogP contribution in [0.2, 0.25) is 0 Å². The van der Waals surface area contributed by atoms with Gasteiger partial charge < -0.3 is 9.47 Å². The first-order chi connectivity index (χ1) is 3.88. The van der Waals surface area contributed by atoms with E-state index in [0.29, 0.717) is 12.2 Å². The van der Waals surface area contributed by atoms with Gasteiger partial charge in [0.1, 0.15) is 0 Å². The van der Waals surface area contributed by atoms with Crippen LogP contribution in [0.5, 0.6) is 0 Å². The van der Waals surface area contributed by atoms with Gasteiger partial charge in [-0.3, -0.25) is 0 Å². The van der Waals surface area contributed by atoms with Crippen LogP contribution in [0, 0.1) is 0 Å². The normalized spacial score (nSPS) is 46.1. The van der Waals surface area contributed by atoms with E-state index in [1.165, 1.54) is 0 Å². The lowest BCUT2D eigenvalue weighted by Crippen LogP contribution is -2.14. The van der Waals surface area contributed by atoms with E-state index in [2.05, 4.69) is 0 Å². The third-order valence-electron chi connectivity index (χ3n) is 1.43. The Kier molecular flexibility index (Phi) is 1.00. The van der Waals surface area contributed by atoms with Crippen LogP contribution in [0.15, 0.2) is 0 Å². The SMILES string of the molecule is ClC(C1CO1)C1CO1. The molecule has 2 aliphatic heterocycles. The minimum absolute atomic E-state index is 0.120. The van der Waals surface area contributed by atoms with E-state index >= 15 is 0 Å². The zero-order valence-corrected chi connectivity index (χ0v) is 5.10. The number of ether oxygens (including phenoxy) is 2. The summed E-state index contributed by atoms with van der Waals surface area (Å²) in [7, 11) is 0. The first-order valence-electron chi connectivity index (χ1n) is 2.75. The second-order valence-corrected chi connectivity index (χ2v) is 2.69. The van der Waals surface area contributed by atoms with E-state index < -0.39 is 0 Å². The van der Waals surface area contributed by atoms with Crippen LogP contribution in [0.25, 0.3) is 0 Å². The molecule has 46 valence electrons. The molecule has 3 heteroatoms. The van der Waals surface area contributed by atoms with Gasteiger partial charge in [-0.05, 0) is 0 Å². The summed E-state index contributed by atoms with van der Waals surface area (Å²) in [5.41, 5.74) is 0. The molecule has 2 fully saturated rings. The summed E-state index contributed by atoms with van der Waals surface area (Å²) in [6.07, 6.45) is 0.591. The Labute approximate surface area is 52.7 Å². The second-order valence-electron chi connectivity index (χ2n) is 2.19. The molecule has 0 bridgehead atoms. The molecule has 2 saturated heterocycles. The zero-order chi connectivity index (χ0) is 5.56. The molecule has 0 amide bonds. The van der Waals surface area contributed by atoms with Crippen LogP contribution >= 0.6 is 11.6 Å². The smallest absolute Gasteiger partial charge is 0.0999 e. The van der Waals surface area contributed by atoms with Crippen LogP contribution in [0.1, 0.15) is 0 Å². The van der Waals surface area contributed by atoms with Crippen molar-refractivity contribution >= 4 is 11.6 Å². The highest BCUT2D eigenvalue weighted by Gasteiger charge is 2.42. The number of hydrogen-bond donors (Lipinski definition) is 0. The van der Waals surface area contributed by atoms with E-state index in [4.69, 9.17) is 21.1 Å². The molecule has 2 atom stereocenters. The van der Waals surface area contributed by atoms with E-state index in [1.54, 1.807) is 0 Å². The molecule has 0 aromatic rings. The topological polar surface area (TPSA) is 25.1 Å². The molecule has 0 N–H and O–H groups in total. The van der Waals surface area contributed by atoms with Crippen molar-refractivity contribution < 1.29 is 9.47 Å². The van der Waals surface area contributed by atoms with Gasteiger partial charge in [0, 0.05) is 0 Å². The molecule has 0 spiro atoms. The van der Waals surface area contributed by atoms with Crippen molar-refractivity contribution in [3.05, 3.63) is 0 Å². The molecule has 2 nitrogen and oxygen atoms in total. The number of halogens is 1. The predicted molar refractivity (Wildman–Crippen MR) is 29.1 cm³/mol. The molecule has 2 rings (SSSR count). The second kappa shape index (κ2) is 1.59.